The van der Waals surface area contributed by atoms with Gasteiger partial charge in [-0.3, -0.25) is 25.8 Å². The van der Waals surface area contributed by atoms with E-state index in [2.05, 4.69) is 45.9 Å². The van der Waals surface area contributed by atoms with E-state index in [1.807, 2.05) is 12.1 Å². The van der Waals surface area contributed by atoms with Gasteiger partial charge in [0.05, 0.1) is 11.1 Å². The van der Waals surface area contributed by atoms with Crippen molar-refractivity contribution in [2.24, 2.45) is 0 Å². The quantitative estimate of drug-likeness (QED) is 0.479. The minimum Gasteiger partial charge on any atom is -0.488 e. The molecule has 0 spiro atoms. The van der Waals surface area contributed by atoms with Gasteiger partial charge in [-0.25, -0.2) is 0 Å². The number of carbonyl (C=O) groups excluding carboxylic acids is 2. The number of hydrazine groups is 1. The SMILES string of the molecule is CC(C)c1ccc(OCC(=O)NNC(=S)NC(=O)C2=CCCO2)c(Br)c1. The van der Waals surface area contributed by atoms with Crippen molar-refractivity contribution in [1.82, 2.24) is 16.2 Å². The van der Waals surface area contributed by atoms with Crippen LogP contribution < -0.4 is 20.9 Å². The molecule has 0 atom stereocenters. The van der Waals surface area contributed by atoms with Gasteiger partial charge in [-0.05, 0) is 57.8 Å². The highest BCUT2D eigenvalue weighted by molar-refractivity contribution is 9.10. The maximum absolute atomic E-state index is 11.8. The molecule has 0 radical (unpaired) electrons. The first kappa shape index (κ1) is 20.2. The van der Waals surface area contributed by atoms with E-state index < -0.39 is 11.8 Å². The Bertz CT molecular complexity index is 737. The highest BCUT2D eigenvalue weighted by Gasteiger charge is 2.16. The van der Waals surface area contributed by atoms with Crippen LogP contribution in [0.3, 0.4) is 0 Å². The van der Waals surface area contributed by atoms with E-state index in [0.717, 1.165) is 10.0 Å². The van der Waals surface area contributed by atoms with Crippen LogP contribution in [0.1, 0.15) is 31.7 Å². The topological polar surface area (TPSA) is 88.7 Å². The third-order valence-corrected chi connectivity index (χ3v) is 4.28. The standard InChI is InChI=1S/C17H20BrN3O4S/c1-10(2)11-5-6-13(12(18)8-11)25-9-15(22)20-21-17(26)19-16(23)14-4-3-7-24-14/h4-6,8,10H,3,7,9H2,1-2H3,(H,20,22)(H2,19,21,23,26). The Hall–Kier alpha value is -2.13. The molecule has 1 aliphatic rings. The summed E-state index contributed by atoms with van der Waals surface area (Å²) in [5, 5.41) is 2.36. The van der Waals surface area contributed by atoms with E-state index in [9.17, 15) is 9.59 Å². The third kappa shape index (κ3) is 5.99. The number of thiocarbonyl (C=S) groups is 1. The Morgan fingerprint density at radius 1 is 1.35 bits per heavy atom. The van der Waals surface area contributed by atoms with Crippen LogP contribution in [0.2, 0.25) is 0 Å². The lowest BCUT2D eigenvalue weighted by molar-refractivity contribution is -0.124. The van der Waals surface area contributed by atoms with Crippen LogP contribution >= 0.6 is 28.1 Å². The summed E-state index contributed by atoms with van der Waals surface area (Å²) in [7, 11) is 0. The second-order valence-electron chi connectivity index (χ2n) is 5.80. The van der Waals surface area contributed by atoms with E-state index in [4.69, 9.17) is 21.7 Å². The van der Waals surface area contributed by atoms with Crippen molar-refractivity contribution in [3.05, 3.63) is 40.1 Å². The molecule has 0 bridgehead atoms. The fraction of sp³-hybridized carbons (Fsp3) is 0.353. The highest BCUT2D eigenvalue weighted by atomic mass is 79.9. The number of hydrogen-bond acceptors (Lipinski definition) is 5. The lowest BCUT2D eigenvalue weighted by atomic mass is 10.0. The van der Waals surface area contributed by atoms with Crippen molar-refractivity contribution >= 4 is 45.1 Å². The number of ether oxygens (including phenoxy) is 2. The number of nitrogens with one attached hydrogen (secondary N) is 3. The lowest BCUT2D eigenvalue weighted by Gasteiger charge is -2.13. The first-order valence-electron chi connectivity index (χ1n) is 8.02. The molecule has 3 N–H and O–H groups in total. The molecule has 0 aliphatic carbocycles. The van der Waals surface area contributed by atoms with Crippen LogP contribution in [0.15, 0.2) is 34.5 Å². The molecule has 0 fully saturated rings. The molecule has 2 rings (SSSR count). The smallest absolute Gasteiger partial charge is 0.292 e. The van der Waals surface area contributed by atoms with Crippen molar-refractivity contribution < 1.29 is 19.1 Å². The monoisotopic (exact) mass is 441 g/mol. The molecule has 9 heteroatoms. The van der Waals surface area contributed by atoms with E-state index in [1.165, 1.54) is 0 Å². The Labute approximate surface area is 165 Å². The second-order valence-corrected chi connectivity index (χ2v) is 7.06. The first-order valence-corrected chi connectivity index (χ1v) is 9.22. The number of rotatable bonds is 5. The van der Waals surface area contributed by atoms with Gasteiger partial charge in [0.25, 0.3) is 11.8 Å². The summed E-state index contributed by atoms with van der Waals surface area (Å²) in [6.07, 6.45) is 2.36. The predicted octanol–water partition coefficient (Wildman–Crippen LogP) is 2.28. The van der Waals surface area contributed by atoms with Gasteiger partial charge < -0.3 is 9.47 Å². The fourth-order valence-corrected chi connectivity index (χ4v) is 2.73. The van der Waals surface area contributed by atoms with Crippen molar-refractivity contribution in [2.45, 2.75) is 26.2 Å². The molecule has 140 valence electrons. The largest absolute Gasteiger partial charge is 0.488 e. The van der Waals surface area contributed by atoms with Crippen LogP contribution in [0.4, 0.5) is 0 Å². The first-order chi connectivity index (χ1) is 12.4. The highest BCUT2D eigenvalue weighted by Crippen LogP contribution is 2.28. The predicted molar refractivity (Wildman–Crippen MR) is 104 cm³/mol. The Morgan fingerprint density at radius 3 is 2.73 bits per heavy atom. The Balaban J connectivity index is 1.73. The summed E-state index contributed by atoms with van der Waals surface area (Å²) in [6.45, 7) is 4.46. The zero-order chi connectivity index (χ0) is 19.1. The van der Waals surface area contributed by atoms with Crippen molar-refractivity contribution in [1.29, 1.82) is 0 Å². The molecule has 7 nitrogen and oxygen atoms in total. The van der Waals surface area contributed by atoms with Gasteiger partial charge in [0.1, 0.15) is 5.75 Å². The van der Waals surface area contributed by atoms with Gasteiger partial charge in [-0.1, -0.05) is 19.9 Å². The van der Waals surface area contributed by atoms with E-state index in [1.54, 1.807) is 12.1 Å². The summed E-state index contributed by atoms with van der Waals surface area (Å²) in [5.41, 5.74) is 5.95. The summed E-state index contributed by atoms with van der Waals surface area (Å²) in [5.74, 6) is 0.274. The average molecular weight is 442 g/mol. The van der Waals surface area contributed by atoms with E-state index >= 15 is 0 Å². The minimum absolute atomic E-state index is 0.0396. The minimum atomic E-state index is -0.459. The zero-order valence-electron chi connectivity index (χ0n) is 14.4. The van der Waals surface area contributed by atoms with Gasteiger partial charge >= 0.3 is 0 Å². The van der Waals surface area contributed by atoms with Gasteiger partial charge in [-0.15, -0.1) is 0 Å². The summed E-state index contributed by atoms with van der Waals surface area (Å²) >= 11 is 8.36. The van der Waals surface area contributed by atoms with Crippen molar-refractivity contribution in [2.75, 3.05) is 13.2 Å². The van der Waals surface area contributed by atoms with Crippen LogP contribution in [-0.4, -0.2) is 30.1 Å². The molecule has 1 heterocycles. The second kappa shape index (κ2) is 9.54. The zero-order valence-corrected chi connectivity index (χ0v) is 16.8. The van der Waals surface area contributed by atoms with Crippen LogP contribution in [0.25, 0.3) is 0 Å². The van der Waals surface area contributed by atoms with Crippen molar-refractivity contribution in [3.63, 3.8) is 0 Å². The summed E-state index contributed by atoms with van der Waals surface area (Å²) in [4.78, 5) is 23.6. The molecule has 0 unspecified atom stereocenters. The third-order valence-electron chi connectivity index (χ3n) is 3.45. The van der Waals surface area contributed by atoms with Gasteiger partial charge in [0.2, 0.25) is 0 Å². The maximum atomic E-state index is 11.8. The van der Waals surface area contributed by atoms with Crippen LogP contribution in [0.5, 0.6) is 5.75 Å². The van der Waals surface area contributed by atoms with Gasteiger partial charge in [-0.2, -0.15) is 0 Å². The molecule has 26 heavy (non-hydrogen) atoms. The number of halogens is 1. The van der Waals surface area contributed by atoms with E-state index in [-0.39, 0.29) is 17.5 Å². The molecular formula is C17H20BrN3O4S. The lowest BCUT2D eigenvalue weighted by Crippen LogP contribution is -2.49. The van der Waals surface area contributed by atoms with Gasteiger partial charge in [0, 0.05) is 6.42 Å². The molecule has 0 saturated heterocycles. The normalized spacial score (nSPS) is 12.8. The molecule has 0 saturated carbocycles. The van der Waals surface area contributed by atoms with E-state index in [0.29, 0.717) is 24.7 Å². The Morgan fingerprint density at radius 2 is 2.12 bits per heavy atom. The van der Waals surface area contributed by atoms with Crippen LogP contribution in [0, 0.1) is 0 Å². The summed E-state index contributed by atoms with van der Waals surface area (Å²) < 4.78 is 11.4. The number of amides is 2. The Kier molecular flexibility index (Phi) is 7.40. The number of benzene rings is 1. The van der Waals surface area contributed by atoms with Crippen LogP contribution in [-0.2, 0) is 14.3 Å². The average Bonchev–Trinajstić information content (AvgIpc) is 3.13. The molecular weight excluding hydrogens is 422 g/mol. The molecule has 1 aromatic carbocycles. The number of carbonyl (C=O) groups is 2. The molecule has 1 aliphatic heterocycles. The molecule has 0 aromatic heterocycles. The summed E-state index contributed by atoms with van der Waals surface area (Å²) in [6, 6.07) is 5.71. The molecule has 1 aromatic rings. The van der Waals surface area contributed by atoms with Gasteiger partial charge in [0.15, 0.2) is 17.5 Å². The van der Waals surface area contributed by atoms with Crippen molar-refractivity contribution in [3.8, 4) is 5.75 Å². The molecule has 2 amide bonds. The maximum Gasteiger partial charge on any atom is 0.292 e. The fourth-order valence-electron chi connectivity index (χ4n) is 2.07. The number of hydrogen-bond donors (Lipinski definition) is 3.